The summed E-state index contributed by atoms with van der Waals surface area (Å²) in [6.45, 7) is 4.08. The molecule has 0 unspecified atom stereocenters. The monoisotopic (exact) mass is 296 g/mol. The highest BCUT2D eigenvalue weighted by atomic mass is 19.1. The van der Waals surface area contributed by atoms with Crippen molar-refractivity contribution in [3.8, 4) is 0 Å². The van der Waals surface area contributed by atoms with Crippen LogP contribution in [0.25, 0.3) is 0 Å². The fraction of sp³-hybridized carbons (Fsp3) is 0.533. The largest absolute Gasteiger partial charge is 0.481 e. The van der Waals surface area contributed by atoms with E-state index in [0.29, 0.717) is 26.3 Å². The summed E-state index contributed by atoms with van der Waals surface area (Å²) in [6.07, 6.45) is 0.0965. The van der Waals surface area contributed by atoms with Gasteiger partial charge in [0.15, 0.2) is 0 Å². The first kappa shape index (κ1) is 15.9. The lowest BCUT2D eigenvalue weighted by atomic mass is 10.0. The third-order valence-corrected chi connectivity index (χ3v) is 3.59. The Labute approximate surface area is 123 Å². The predicted molar refractivity (Wildman–Crippen MR) is 76.7 cm³/mol. The van der Waals surface area contributed by atoms with E-state index in [1.807, 2.05) is 0 Å². The molecule has 1 heterocycles. The summed E-state index contributed by atoms with van der Waals surface area (Å²) in [6, 6.07) is 6.59. The smallest absolute Gasteiger partial charge is 0.304 e. The number of rotatable bonds is 7. The summed E-state index contributed by atoms with van der Waals surface area (Å²) in [4.78, 5) is 12.8. The van der Waals surface area contributed by atoms with Crippen LogP contribution in [0.5, 0.6) is 0 Å². The standard InChI is InChI=1S/C15H21FN2O3/c16-13-3-1-12(2-4-13)14(11-17-6-5-15(19)20)18-7-9-21-10-8-18/h1-4,14,17H,5-11H2,(H,19,20)/t14-/m0/s1. The second kappa shape index (κ2) is 8.07. The van der Waals surface area contributed by atoms with Crippen molar-refractivity contribution in [2.75, 3.05) is 39.4 Å². The summed E-state index contributed by atoms with van der Waals surface area (Å²) < 4.78 is 18.4. The molecule has 0 bridgehead atoms. The van der Waals surface area contributed by atoms with Crippen LogP contribution in [0.1, 0.15) is 18.0 Å². The highest BCUT2D eigenvalue weighted by Crippen LogP contribution is 2.21. The topological polar surface area (TPSA) is 61.8 Å². The van der Waals surface area contributed by atoms with E-state index in [-0.39, 0.29) is 18.3 Å². The molecule has 5 nitrogen and oxygen atoms in total. The fourth-order valence-electron chi connectivity index (χ4n) is 2.47. The Morgan fingerprint density at radius 1 is 1.33 bits per heavy atom. The molecule has 1 aromatic rings. The first-order valence-corrected chi connectivity index (χ1v) is 7.16. The lowest BCUT2D eigenvalue weighted by Crippen LogP contribution is -2.43. The number of halogens is 1. The second-order valence-corrected chi connectivity index (χ2v) is 5.06. The maximum absolute atomic E-state index is 13.1. The number of hydrogen-bond donors (Lipinski definition) is 2. The van der Waals surface area contributed by atoms with E-state index in [0.717, 1.165) is 18.7 Å². The van der Waals surface area contributed by atoms with E-state index in [9.17, 15) is 9.18 Å². The van der Waals surface area contributed by atoms with Crippen LogP contribution in [0.15, 0.2) is 24.3 Å². The van der Waals surface area contributed by atoms with E-state index in [1.165, 1.54) is 12.1 Å². The van der Waals surface area contributed by atoms with Crippen molar-refractivity contribution in [2.45, 2.75) is 12.5 Å². The van der Waals surface area contributed by atoms with Gasteiger partial charge in [-0.25, -0.2) is 4.39 Å². The van der Waals surface area contributed by atoms with Gasteiger partial charge in [0.1, 0.15) is 5.82 Å². The molecule has 6 heteroatoms. The summed E-state index contributed by atoms with van der Waals surface area (Å²) in [5, 5.41) is 11.8. The van der Waals surface area contributed by atoms with Gasteiger partial charge in [-0.15, -0.1) is 0 Å². The van der Waals surface area contributed by atoms with Gasteiger partial charge in [0, 0.05) is 32.2 Å². The summed E-state index contributed by atoms with van der Waals surface area (Å²) in [7, 11) is 0. The molecule has 21 heavy (non-hydrogen) atoms. The van der Waals surface area contributed by atoms with Crippen molar-refractivity contribution in [2.24, 2.45) is 0 Å². The Hall–Kier alpha value is -1.50. The van der Waals surface area contributed by atoms with Gasteiger partial charge < -0.3 is 15.2 Å². The molecule has 0 amide bonds. The number of carboxylic acids is 1. The Bertz CT molecular complexity index is 447. The molecule has 1 fully saturated rings. The zero-order valence-electron chi connectivity index (χ0n) is 11.9. The van der Waals surface area contributed by atoms with Crippen molar-refractivity contribution < 1.29 is 19.0 Å². The first-order chi connectivity index (χ1) is 10.2. The number of morpholine rings is 1. The Balaban J connectivity index is 1.99. The molecular formula is C15H21FN2O3. The maximum Gasteiger partial charge on any atom is 0.304 e. The van der Waals surface area contributed by atoms with Gasteiger partial charge in [0.05, 0.1) is 19.6 Å². The van der Waals surface area contributed by atoms with Crippen LogP contribution >= 0.6 is 0 Å². The van der Waals surface area contributed by atoms with Crippen LogP contribution in [0.2, 0.25) is 0 Å². The lowest BCUT2D eigenvalue weighted by molar-refractivity contribution is -0.136. The number of carbonyl (C=O) groups is 1. The number of carboxylic acid groups (broad SMARTS) is 1. The number of nitrogens with one attached hydrogen (secondary N) is 1. The van der Waals surface area contributed by atoms with Gasteiger partial charge in [-0.3, -0.25) is 9.69 Å². The average Bonchev–Trinajstić information content (AvgIpc) is 2.49. The second-order valence-electron chi connectivity index (χ2n) is 5.06. The molecule has 0 saturated carbocycles. The molecule has 2 rings (SSSR count). The summed E-state index contributed by atoms with van der Waals surface area (Å²) in [5.41, 5.74) is 1.03. The molecule has 116 valence electrons. The minimum absolute atomic E-state index is 0.0965. The number of hydrogen-bond acceptors (Lipinski definition) is 4. The molecule has 1 aliphatic rings. The van der Waals surface area contributed by atoms with Crippen LogP contribution in [-0.2, 0) is 9.53 Å². The number of aliphatic carboxylic acids is 1. The van der Waals surface area contributed by atoms with Crippen LogP contribution < -0.4 is 5.32 Å². The average molecular weight is 296 g/mol. The van der Waals surface area contributed by atoms with Gasteiger partial charge in [0.25, 0.3) is 0 Å². The summed E-state index contributed by atoms with van der Waals surface area (Å²) in [5.74, 6) is -1.06. The highest BCUT2D eigenvalue weighted by molar-refractivity contribution is 5.66. The third-order valence-electron chi connectivity index (χ3n) is 3.59. The predicted octanol–water partition coefficient (Wildman–Crippen LogP) is 1.26. The van der Waals surface area contributed by atoms with Gasteiger partial charge in [-0.1, -0.05) is 12.1 Å². The quantitative estimate of drug-likeness (QED) is 0.742. The molecule has 1 atom stereocenters. The number of nitrogens with zero attached hydrogens (tertiary/aromatic N) is 1. The molecular weight excluding hydrogens is 275 g/mol. The molecule has 0 aromatic heterocycles. The Kier molecular flexibility index (Phi) is 6.10. The van der Waals surface area contributed by atoms with E-state index >= 15 is 0 Å². The van der Waals surface area contributed by atoms with Crippen LogP contribution in [0, 0.1) is 5.82 Å². The number of ether oxygens (including phenoxy) is 1. The van der Waals surface area contributed by atoms with Crippen molar-refractivity contribution in [3.05, 3.63) is 35.6 Å². The van der Waals surface area contributed by atoms with E-state index in [4.69, 9.17) is 9.84 Å². The molecule has 0 radical (unpaired) electrons. The van der Waals surface area contributed by atoms with Crippen molar-refractivity contribution >= 4 is 5.97 Å². The van der Waals surface area contributed by atoms with E-state index in [2.05, 4.69) is 10.2 Å². The van der Waals surface area contributed by atoms with Crippen molar-refractivity contribution in [3.63, 3.8) is 0 Å². The molecule has 1 aliphatic heterocycles. The molecule has 2 N–H and O–H groups in total. The summed E-state index contributed by atoms with van der Waals surface area (Å²) >= 11 is 0. The maximum atomic E-state index is 13.1. The Morgan fingerprint density at radius 3 is 2.62 bits per heavy atom. The zero-order chi connectivity index (χ0) is 15.1. The van der Waals surface area contributed by atoms with Crippen LogP contribution in [0.4, 0.5) is 4.39 Å². The highest BCUT2D eigenvalue weighted by Gasteiger charge is 2.22. The fourth-order valence-corrected chi connectivity index (χ4v) is 2.47. The third kappa shape index (κ3) is 5.08. The molecule has 0 spiro atoms. The molecule has 1 aromatic carbocycles. The van der Waals surface area contributed by atoms with Crippen molar-refractivity contribution in [1.82, 2.24) is 10.2 Å². The minimum Gasteiger partial charge on any atom is -0.481 e. The van der Waals surface area contributed by atoms with Crippen molar-refractivity contribution in [1.29, 1.82) is 0 Å². The van der Waals surface area contributed by atoms with E-state index in [1.54, 1.807) is 12.1 Å². The first-order valence-electron chi connectivity index (χ1n) is 7.16. The SMILES string of the molecule is O=C(O)CCNC[C@@H](c1ccc(F)cc1)N1CCOCC1. The minimum atomic E-state index is -0.813. The van der Waals surface area contributed by atoms with E-state index < -0.39 is 5.97 Å². The zero-order valence-corrected chi connectivity index (χ0v) is 11.9. The van der Waals surface area contributed by atoms with Crippen LogP contribution in [-0.4, -0.2) is 55.4 Å². The molecule has 0 aliphatic carbocycles. The van der Waals surface area contributed by atoms with Gasteiger partial charge in [-0.05, 0) is 17.7 Å². The number of benzene rings is 1. The Morgan fingerprint density at radius 2 is 2.00 bits per heavy atom. The van der Waals surface area contributed by atoms with Gasteiger partial charge in [-0.2, -0.15) is 0 Å². The lowest BCUT2D eigenvalue weighted by Gasteiger charge is -2.35. The van der Waals surface area contributed by atoms with Gasteiger partial charge >= 0.3 is 5.97 Å². The normalized spacial score (nSPS) is 17.6. The van der Waals surface area contributed by atoms with Gasteiger partial charge in [0.2, 0.25) is 0 Å². The van der Waals surface area contributed by atoms with Crippen LogP contribution in [0.3, 0.4) is 0 Å². The molecule has 1 saturated heterocycles.